The summed E-state index contributed by atoms with van der Waals surface area (Å²) in [7, 11) is 0. The first-order chi connectivity index (χ1) is 16.2. The molecule has 2 rings (SSSR count). The van der Waals surface area contributed by atoms with Gasteiger partial charge in [0, 0.05) is 18.6 Å². The summed E-state index contributed by atoms with van der Waals surface area (Å²) in [5.41, 5.74) is 0.0408. The lowest BCUT2D eigenvalue weighted by Gasteiger charge is -2.47. The minimum atomic E-state index is 0.0408. The van der Waals surface area contributed by atoms with Crippen LogP contribution in [0, 0.1) is 5.41 Å². The molecule has 0 N–H and O–H groups in total. The second kappa shape index (κ2) is 18.2. The molecule has 0 atom stereocenters. The number of likely N-dealkylation sites (tertiary alicyclic amines) is 2. The molecule has 0 radical (unpaired) electrons. The van der Waals surface area contributed by atoms with Crippen LogP contribution in [0.4, 0.5) is 0 Å². The Labute approximate surface area is 207 Å². The van der Waals surface area contributed by atoms with E-state index in [1.54, 1.807) is 0 Å². The molecular weight excluding hydrogens is 408 g/mol. The lowest BCUT2D eigenvalue weighted by molar-refractivity contribution is -0.106. The molecule has 2 aliphatic rings. The molecule has 196 valence electrons. The Bertz CT molecular complexity index is 411. The van der Waals surface area contributed by atoms with E-state index in [2.05, 4.69) is 30.6 Å². The van der Waals surface area contributed by atoms with Crippen molar-refractivity contribution in [1.82, 2.24) is 9.80 Å². The molecule has 33 heavy (non-hydrogen) atoms. The van der Waals surface area contributed by atoms with Gasteiger partial charge in [-0.05, 0) is 64.7 Å². The van der Waals surface area contributed by atoms with Gasteiger partial charge in [-0.25, -0.2) is 0 Å². The molecule has 4 heteroatoms. The summed E-state index contributed by atoms with van der Waals surface area (Å²) < 4.78 is 12.8. The van der Waals surface area contributed by atoms with Crippen LogP contribution in [-0.2, 0) is 9.47 Å². The Morgan fingerprint density at radius 1 is 0.576 bits per heavy atom. The van der Waals surface area contributed by atoms with E-state index < -0.39 is 0 Å². The van der Waals surface area contributed by atoms with E-state index in [4.69, 9.17) is 9.47 Å². The molecule has 2 aliphatic heterocycles. The molecule has 2 fully saturated rings. The van der Waals surface area contributed by atoms with Gasteiger partial charge < -0.3 is 9.47 Å². The molecule has 4 nitrogen and oxygen atoms in total. The van der Waals surface area contributed by atoms with E-state index in [0.717, 1.165) is 26.4 Å². The average Bonchev–Trinajstić information content (AvgIpc) is 3.53. The van der Waals surface area contributed by atoms with Crippen LogP contribution in [0.2, 0.25) is 0 Å². The SMILES string of the molecule is CCCCCCCCOCC(C)(COCCCCCCCC)C(N1CCCC1)N1CCCC1. The van der Waals surface area contributed by atoms with Gasteiger partial charge in [-0.1, -0.05) is 85.0 Å². The zero-order valence-electron chi connectivity index (χ0n) is 22.8. The number of nitrogens with zero attached hydrogens (tertiary/aromatic N) is 2. The van der Waals surface area contributed by atoms with Crippen molar-refractivity contribution in [3.63, 3.8) is 0 Å². The summed E-state index contributed by atoms with van der Waals surface area (Å²) in [5, 5.41) is 0. The fourth-order valence-electron chi connectivity index (χ4n) is 5.86. The van der Waals surface area contributed by atoms with Crippen LogP contribution in [0.3, 0.4) is 0 Å². The third kappa shape index (κ3) is 11.4. The van der Waals surface area contributed by atoms with Gasteiger partial charge in [-0.3, -0.25) is 9.80 Å². The van der Waals surface area contributed by atoms with Crippen LogP contribution >= 0.6 is 0 Å². The standard InChI is InChI=1S/C29H58N2O2/c1-4-6-8-10-12-18-24-32-26-29(3,27-33-25-19-13-11-9-7-5-2)28(30-20-14-15-21-30)31-22-16-17-23-31/h28H,4-27H2,1-3H3. The third-order valence-electron chi connectivity index (χ3n) is 7.74. The summed E-state index contributed by atoms with van der Waals surface area (Å²) in [5.74, 6) is 0. The van der Waals surface area contributed by atoms with Gasteiger partial charge in [0.25, 0.3) is 0 Å². The smallest absolute Gasteiger partial charge is 0.0722 e. The van der Waals surface area contributed by atoms with Crippen molar-refractivity contribution in [3.05, 3.63) is 0 Å². The first-order valence-electron chi connectivity index (χ1n) is 14.8. The number of rotatable bonds is 21. The minimum absolute atomic E-state index is 0.0408. The van der Waals surface area contributed by atoms with E-state index in [0.29, 0.717) is 6.17 Å². The van der Waals surface area contributed by atoms with Crippen LogP contribution in [-0.4, -0.2) is 68.6 Å². The topological polar surface area (TPSA) is 24.9 Å². The normalized spacial score (nSPS) is 18.2. The van der Waals surface area contributed by atoms with Gasteiger partial charge in [0.1, 0.15) is 0 Å². The molecule has 0 aromatic heterocycles. The molecule has 0 aromatic rings. The minimum Gasteiger partial charge on any atom is -0.381 e. The largest absolute Gasteiger partial charge is 0.381 e. The molecule has 0 amide bonds. The molecule has 0 spiro atoms. The summed E-state index contributed by atoms with van der Waals surface area (Å²) in [4.78, 5) is 5.51. The first kappa shape index (κ1) is 29.1. The second-order valence-corrected chi connectivity index (χ2v) is 11.2. The van der Waals surface area contributed by atoms with Gasteiger partial charge in [-0.2, -0.15) is 0 Å². The summed E-state index contributed by atoms with van der Waals surface area (Å²) in [6.45, 7) is 15.5. The highest BCUT2D eigenvalue weighted by Gasteiger charge is 2.43. The van der Waals surface area contributed by atoms with E-state index in [9.17, 15) is 0 Å². The lowest BCUT2D eigenvalue weighted by Crippen LogP contribution is -2.58. The van der Waals surface area contributed by atoms with Crippen molar-refractivity contribution in [2.24, 2.45) is 5.41 Å². The van der Waals surface area contributed by atoms with E-state index >= 15 is 0 Å². The van der Waals surface area contributed by atoms with Gasteiger partial charge in [0.15, 0.2) is 0 Å². The molecule has 2 saturated heterocycles. The lowest BCUT2D eigenvalue weighted by atomic mass is 9.86. The molecule has 0 unspecified atom stereocenters. The third-order valence-corrected chi connectivity index (χ3v) is 7.74. The van der Waals surface area contributed by atoms with Gasteiger partial charge in [-0.15, -0.1) is 0 Å². The van der Waals surface area contributed by atoms with Gasteiger partial charge in [0.05, 0.1) is 19.4 Å². The fourth-order valence-corrected chi connectivity index (χ4v) is 5.86. The quantitative estimate of drug-likeness (QED) is 0.166. The number of hydrogen-bond donors (Lipinski definition) is 0. The highest BCUT2D eigenvalue weighted by molar-refractivity contribution is 4.93. The monoisotopic (exact) mass is 466 g/mol. The highest BCUT2D eigenvalue weighted by Crippen LogP contribution is 2.34. The zero-order chi connectivity index (χ0) is 23.6. The van der Waals surface area contributed by atoms with Crippen molar-refractivity contribution in [3.8, 4) is 0 Å². The Balaban J connectivity index is 1.85. The maximum absolute atomic E-state index is 6.39. The summed E-state index contributed by atoms with van der Waals surface area (Å²) in [6.07, 6.45) is 21.8. The predicted octanol–water partition coefficient (Wildman–Crippen LogP) is 7.26. The van der Waals surface area contributed by atoms with Gasteiger partial charge in [0.2, 0.25) is 0 Å². The molecule has 0 aromatic carbocycles. The maximum Gasteiger partial charge on any atom is 0.0722 e. The van der Waals surface area contributed by atoms with Crippen molar-refractivity contribution in [2.45, 2.75) is 130 Å². The fraction of sp³-hybridized carbons (Fsp3) is 1.00. The van der Waals surface area contributed by atoms with Crippen molar-refractivity contribution in [2.75, 3.05) is 52.6 Å². The van der Waals surface area contributed by atoms with E-state index in [1.807, 2.05) is 0 Å². The summed E-state index contributed by atoms with van der Waals surface area (Å²) >= 11 is 0. The zero-order valence-corrected chi connectivity index (χ0v) is 22.8. The van der Waals surface area contributed by atoms with Gasteiger partial charge >= 0.3 is 0 Å². The van der Waals surface area contributed by atoms with Crippen LogP contribution in [0.15, 0.2) is 0 Å². The number of unbranched alkanes of at least 4 members (excludes halogenated alkanes) is 10. The van der Waals surface area contributed by atoms with Crippen LogP contribution < -0.4 is 0 Å². The van der Waals surface area contributed by atoms with Crippen molar-refractivity contribution >= 4 is 0 Å². The Morgan fingerprint density at radius 3 is 1.33 bits per heavy atom. The van der Waals surface area contributed by atoms with Crippen LogP contribution in [0.1, 0.15) is 124 Å². The van der Waals surface area contributed by atoms with E-state index in [1.165, 1.54) is 129 Å². The molecule has 0 bridgehead atoms. The average molecular weight is 467 g/mol. The Kier molecular flexibility index (Phi) is 16.0. The van der Waals surface area contributed by atoms with Crippen molar-refractivity contribution in [1.29, 1.82) is 0 Å². The highest BCUT2D eigenvalue weighted by atomic mass is 16.5. The van der Waals surface area contributed by atoms with E-state index in [-0.39, 0.29) is 5.41 Å². The number of hydrogen-bond acceptors (Lipinski definition) is 4. The molecule has 2 heterocycles. The molecular formula is C29H58N2O2. The first-order valence-corrected chi connectivity index (χ1v) is 14.8. The number of ether oxygens (including phenoxy) is 2. The molecule has 0 saturated carbocycles. The van der Waals surface area contributed by atoms with Crippen molar-refractivity contribution < 1.29 is 9.47 Å². The molecule has 0 aliphatic carbocycles. The maximum atomic E-state index is 6.39. The predicted molar refractivity (Wildman–Crippen MR) is 142 cm³/mol. The summed E-state index contributed by atoms with van der Waals surface area (Å²) in [6, 6.07) is 0. The second-order valence-electron chi connectivity index (χ2n) is 11.2. The van der Waals surface area contributed by atoms with Crippen LogP contribution in [0.25, 0.3) is 0 Å². The Hall–Kier alpha value is -0.160. The van der Waals surface area contributed by atoms with Crippen LogP contribution in [0.5, 0.6) is 0 Å². The Morgan fingerprint density at radius 2 is 0.939 bits per heavy atom.